The predicted octanol–water partition coefficient (Wildman–Crippen LogP) is 1.93. The van der Waals surface area contributed by atoms with Crippen molar-refractivity contribution in [1.82, 2.24) is 14.6 Å². The Bertz CT molecular complexity index is 764. The molecule has 0 saturated carbocycles. The van der Waals surface area contributed by atoms with Gasteiger partial charge < -0.3 is 5.73 Å². The molecule has 0 amide bonds. The van der Waals surface area contributed by atoms with Gasteiger partial charge >= 0.3 is 0 Å². The zero-order valence-electron chi connectivity index (χ0n) is 9.75. The minimum Gasteiger partial charge on any atom is -0.383 e. The topological polar surface area (TPSA) is 73.3 Å². The average Bonchev–Trinajstić information content (AvgIpc) is 2.85. The lowest BCUT2D eigenvalue weighted by atomic mass is 10.1. The van der Waals surface area contributed by atoms with Gasteiger partial charge in [-0.2, -0.15) is 9.61 Å². The third-order valence-electron chi connectivity index (χ3n) is 2.82. The van der Waals surface area contributed by atoms with Crippen LogP contribution in [0.2, 0.25) is 0 Å². The van der Waals surface area contributed by atoms with Crippen LogP contribution in [-0.2, 0) is 0 Å². The van der Waals surface area contributed by atoms with Crippen LogP contribution >= 0.6 is 0 Å². The van der Waals surface area contributed by atoms with Crippen LogP contribution in [0.4, 0.5) is 10.2 Å². The van der Waals surface area contributed by atoms with Gasteiger partial charge in [0.15, 0.2) is 11.9 Å². The van der Waals surface area contributed by atoms with E-state index in [-0.39, 0.29) is 17.2 Å². The summed E-state index contributed by atoms with van der Waals surface area (Å²) in [5.74, 6) is -0.0817. The maximum absolute atomic E-state index is 12.9. The van der Waals surface area contributed by atoms with E-state index in [1.807, 2.05) is 0 Å². The summed E-state index contributed by atoms with van der Waals surface area (Å²) in [5.41, 5.74) is 7.99. The van der Waals surface area contributed by atoms with Gasteiger partial charge in [-0.1, -0.05) is 0 Å². The minimum atomic E-state index is -0.312. The Kier molecular flexibility index (Phi) is 2.49. The number of halogens is 1. The van der Waals surface area contributed by atoms with Gasteiger partial charge in [-0.05, 0) is 24.3 Å². The molecule has 3 rings (SSSR count). The molecule has 0 atom stereocenters. The number of hydrogen-bond donors (Lipinski definition) is 1. The third-order valence-corrected chi connectivity index (χ3v) is 2.82. The van der Waals surface area contributed by atoms with Crippen molar-refractivity contribution < 1.29 is 9.18 Å². The van der Waals surface area contributed by atoms with Crippen LogP contribution in [0.25, 0.3) is 16.9 Å². The van der Waals surface area contributed by atoms with Gasteiger partial charge in [-0.25, -0.2) is 9.37 Å². The molecular formula is C13H9FN4O. The number of anilines is 1. The number of carbonyl (C=O) groups is 1. The Balaban J connectivity index is 2.19. The molecule has 0 aliphatic carbocycles. The van der Waals surface area contributed by atoms with Crippen molar-refractivity contribution in [2.75, 3.05) is 5.73 Å². The lowest BCUT2D eigenvalue weighted by Gasteiger charge is -2.00. The fourth-order valence-electron chi connectivity index (χ4n) is 1.82. The summed E-state index contributed by atoms with van der Waals surface area (Å²) in [6, 6.07) is 7.67. The standard InChI is InChI=1S/C13H9FN4O/c14-10-3-1-8(2-4-10)11-5-12-16-6-9(7-19)13(15)18(12)17-11/h1-7H,15H2. The molecule has 5 nitrogen and oxygen atoms in total. The Labute approximate surface area is 107 Å². The normalized spacial score (nSPS) is 10.8. The van der Waals surface area contributed by atoms with Crippen molar-refractivity contribution in [1.29, 1.82) is 0 Å². The molecule has 2 aromatic heterocycles. The second-order valence-corrected chi connectivity index (χ2v) is 4.02. The molecule has 0 aliphatic heterocycles. The van der Waals surface area contributed by atoms with Crippen molar-refractivity contribution in [2.45, 2.75) is 0 Å². The van der Waals surface area contributed by atoms with Crippen LogP contribution < -0.4 is 5.73 Å². The molecule has 19 heavy (non-hydrogen) atoms. The molecule has 1 aromatic carbocycles. The largest absolute Gasteiger partial charge is 0.383 e. The first kappa shape index (κ1) is 11.3. The van der Waals surface area contributed by atoms with Crippen molar-refractivity contribution in [3.05, 3.63) is 47.9 Å². The van der Waals surface area contributed by atoms with E-state index in [4.69, 9.17) is 5.73 Å². The van der Waals surface area contributed by atoms with Gasteiger partial charge in [0.2, 0.25) is 0 Å². The second-order valence-electron chi connectivity index (χ2n) is 4.02. The molecule has 0 saturated heterocycles. The Morgan fingerprint density at radius 1 is 1.26 bits per heavy atom. The average molecular weight is 256 g/mol. The molecule has 0 spiro atoms. The first-order valence-corrected chi connectivity index (χ1v) is 5.54. The van der Waals surface area contributed by atoms with E-state index < -0.39 is 0 Å². The summed E-state index contributed by atoms with van der Waals surface area (Å²) < 4.78 is 14.3. The number of rotatable bonds is 2. The maximum atomic E-state index is 12.9. The number of benzene rings is 1. The molecule has 0 fully saturated rings. The summed E-state index contributed by atoms with van der Waals surface area (Å²) in [7, 11) is 0. The molecule has 6 heteroatoms. The quantitative estimate of drug-likeness (QED) is 0.711. The van der Waals surface area contributed by atoms with Crippen molar-refractivity contribution >= 4 is 17.8 Å². The number of aromatic nitrogens is 3. The molecule has 2 N–H and O–H groups in total. The summed E-state index contributed by atoms with van der Waals surface area (Å²) in [6.07, 6.45) is 2.02. The highest BCUT2D eigenvalue weighted by Gasteiger charge is 2.10. The number of nitrogen functional groups attached to an aromatic ring is 1. The predicted molar refractivity (Wildman–Crippen MR) is 68.2 cm³/mol. The highest BCUT2D eigenvalue weighted by Crippen LogP contribution is 2.21. The molecule has 94 valence electrons. The van der Waals surface area contributed by atoms with Gasteiger partial charge in [-0.3, -0.25) is 4.79 Å². The second kappa shape index (κ2) is 4.16. The lowest BCUT2D eigenvalue weighted by Crippen LogP contribution is -2.04. The summed E-state index contributed by atoms with van der Waals surface area (Å²) in [5, 5.41) is 4.27. The first-order chi connectivity index (χ1) is 9.19. The summed E-state index contributed by atoms with van der Waals surface area (Å²) in [4.78, 5) is 14.9. The van der Waals surface area contributed by atoms with E-state index in [9.17, 15) is 9.18 Å². The lowest BCUT2D eigenvalue weighted by molar-refractivity contribution is 0.112. The molecular weight excluding hydrogens is 247 g/mol. The summed E-state index contributed by atoms with van der Waals surface area (Å²) >= 11 is 0. The highest BCUT2D eigenvalue weighted by molar-refractivity contribution is 5.82. The van der Waals surface area contributed by atoms with Gasteiger partial charge in [0.05, 0.1) is 11.3 Å². The molecule has 0 aliphatic rings. The van der Waals surface area contributed by atoms with E-state index in [2.05, 4.69) is 10.1 Å². The first-order valence-electron chi connectivity index (χ1n) is 5.54. The van der Waals surface area contributed by atoms with Crippen LogP contribution in [-0.4, -0.2) is 20.9 Å². The van der Waals surface area contributed by atoms with Crippen LogP contribution in [0, 0.1) is 5.82 Å². The van der Waals surface area contributed by atoms with Crippen LogP contribution in [0.3, 0.4) is 0 Å². The third kappa shape index (κ3) is 1.83. The van der Waals surface area contributed by atoms with Crippen molar-refractivity contribution in [2.24, 2.45) is 0 Å². The number of hydrogen-bond acceptors (Lipinski definition) is 4. The van der Waals surface area contributed by atoms with E-state index in [1.165, 1.54) is 22.8 Å². The van der Waals surface area contributed by atoms with E-state index in [0.717, 1.165) is 5.56 Å². The zero-order valence-corrected chi connectivity index (χ0v) is 9.75. The monoisotopic (exact) mass is 256 g/mol. The number of nitrogens with two attached hydrogens (primary N) is 1. The maximum Gasteiger partial charge on any atom is 0.157 e. The molecule has 0 radical (unpaired) electrons. The number of nitrogens with zero attached hydrogens (tertiary/aromatic N) is 3. The molecule has 3 aromatic rings. The van der Waals surface area contributed by atoms with Crippen LogP contribution in [0.15, 0.2) is 36.5 Å². The highest BCUT2D eigenvalue weighted by atomic mass is 19.1. The van der Waals surface area contributed by atoms with Gasteiger partial charge in [-0.15, -0.1) is 0 Å². The smallest absolute Gasteiger partial charge is 0.157 e. The fraction of sp³-hybridized carbons (Fsp3) is 0. The van der Waals surface area contributed by atoms with Gasteiger partial charge in [0.25, 0.3) is 0 Å². The van der Waals surface area contributed by atoms with E-state index in [1.54, 1.807) is 18.2 Å². The van der Waals surface area contributed by atoms with Crippen LogP contribution in [0.5, 0.6) is 0 Å². The molecule has 2 heterocycles. The van der Waals surface area contributed by atoms with Crippen LogP contribution in [0.1, 0.15) is 10.4 Å². The number of aldehydes is 1. The van der Waals surface area contributed by atoms with Gasteiger partial charge in [0, 0.05) is 17.8 Å². The van der Waals surface area contributed by atoms with Crippen molar-refractivity contribution in [3.8, 4) is 11.3 Å². The minimum absolute atomic E-state index is 0.230. The van der Waals surface area contributed by atoms with Gasteiger partial charge in [0.1, 0.15) is 11.6 Å². The van der Waals surface area contributed by atoms with Crippen molar-refractivity contribution in [3.63, 3.8) is 0 Å². The number of fused-ring (bicyclic) bond motifs is 1. The summed E-state index contributed by atoms with van der Waals surface area (Å²) in [6.45, 7) is 0. The Morgan fingerprint density at radius 2 is 2.00 bits per heavy atom. The molecule has 0 unspecified atom stereocenters. The molecule has 0 bridgehead atoms. The fourth-order valence-corrected chi connectivity index (χ4v) is 1.82. The number of carbonyl (C=O) groups excluding carboxylic acids is 1. The SMILES string of the molecule is Nc1c(C=O)cnc2cc(-c3ccc(F)cc3)nn12. The zero-order chi connectivity index (χ0) is 13.4. The Morgan fingerprint density at radius 3 is 2.68 bits per heavy atom. The van der Waals surface area contributed by atoms with E-state index >= 15 is 0 Å². The Hall–Kier alpha value is -2.76. The van der Waals surface area contributed by atoms with E-state index in [0.29, 0.717) is 17.6 Å².